The number of hydrogen-bond acceptors (Lipinski definition) is 4. The lowest BCUT2D eigenvalue weighted by molar-refractivity contribution is -0.142. The summed E-state index contributed by atoms with van der Waals surface area (Å²) in [7, 11) is 0. The summed E-state index contributed by atoms with van der Waals surface area (Å²) in [5.74, 6) is -0.188. The second-order valence-electron chi connectivity index (χ2n) is 5.80. The maximum Gasteiger partial charge on any atom is 0.408 e. The van der Waals surface area contributed by atoms with E-state index >= 15 is 0 Å². The van der Waals surface area contributed by atoms with E-state index in [1.165, 1.54) is 18.7 Å². The molecule has 0 fully saturated rings. The molecule has 0 aliphatic carbocycles. The largest absolute Gasteiger partial charge is 0.479 e. The highest BCUT2D eigenvalue weighted by Gasteiger charge is 2.35. The van der Waals surface area contributed by atoms with Crippen molar-refractivity contribution in [3.05, 3.63) is 71.8 Å². The number of carbonyl (C=O) groups excluding carboxylic acids is 1. The Bertz CT molecular complexity index is 693. The highest BCUT2D eigenvalue weighted by Crippen LogP contribution is 2.19. The zero-order chi connectivity index (χ0) is 18.1. The fourth-order valence-electron chi connectivity index (χ4n) is 2.08. The molecule has 0 spiro atoms. The molecular formula is C19H21NO4S. The zero-order valence-electron chi connectivity index (χ0n) is 14.0. The number of aliphatic carboxylic acids is 1. The lowest BCUT2D eigenvalue weighted by Gasteiger charge is -2.25. The Kier molecular flexibility index (Phi) is 6.89. The van der Waals surface area contributed by atoms with Crippen LogP contribution in [0.5, 0.6) is 0 Å². The van der Waals surface area contributed by atoms with Gasteiger partial charge >= 0.3 is 12.1 Å². The van der Waals surface area contributed by atoms with E-state index in [1.54, 1.807) is 0 Å². The smallest absolute Gasteiger partial charge is 0.408 e. The third kappa shape index (κ3) is 6.15. The molecule has 2 rings (SSSR count). The van der Waals surface area contributed by atoms with Crippen LogP contribution in [0.4, 0.5) is 4.79 Å². The van der Waals surface area contributed by atoms with Crippen LogP contribution >= 0.6 is 11.8 Å². The molecule has 2 aromatic carbocycles. The summed E-state index contributed by atoms with van der Waals surface area (Å²) in [6, 6.07) is 19.0. The zero-order valence-corrected chi connectivity index (χ0v) is 14.8. The van der Waals surface area contributed by atoms with Gasteiger partial charge in [0.05, 0.1) is 0 Å². The standard InChI is InChI=1S/C19H21NO4S/c1-19(17(21)22,14-25-13-16-10-6-3-7-11-16)20-18(23)24-12-15-8-4-2-5-9-15/h2-11H,12-14H2,1H3,(H,20,23)(H,21,22)/t19-/m1/s1. The summed E-state index contributed by atoms with van der Waals surface area (Å²) in [4.78, 5) is 23.6. The maximum atomic E-state index is 12.0. The minimum Gasteiger partial charge on any atom is -0.479 e. The molecule has 0 aliphatic rings. The summed E-state index contributed by atoms with van der Waals surface area (Å²) < 4.78 is 5.12. The third-order valence-corrected chi connectivity index (χ3v) is 4.88. The minimum absolute atomic E-state index is 0.0968. The van der Waals surface area contributed by atoms with Crippen LogP contribution in [0.1, 0.15) is 18.1 Å². The van der Waals surface area contributed by atoms with Crippen molar-refractivity contribution >= 4 is 23.8 Å². The Balaban J connectivity index is 1.85. The van der Waals surface area contributed by atoms with Gasteiger partial charge in [0, 0.05) is 11.5 Å². The van der Waals surface area contributed by atoms with Crippen LogP contribution in [0.15, 0.2) is 60.7 Å². The van der Waals surface area contributed by atoms with Gasteiger partial charge in [-0.2, -0.15) is 11.8 Å². The number of benzene rings is 2. The molecule has 0 bridgehead atoms. The predicted octanol–water partition coefficient (Wildman–Crippen LogP) is 3.69. The number of nitrogens with one attached hydrogen (secondary N) is 1. The van der Waals surface area contributed by atoms with Crippen molar-refractivity contribution in [3.63, 3.8) is 0 Å². The molecule has 1 atom stereocenters. The molecule has 1 amide bonds. The average Bonchev–Trinajstić information content (AvgIpc) is 2.61. The van der Waals surface area contributed by atoms with Gasteiger partial charge < -0.3 is 15.2 Å². The maximum absolute atomic E-state index is 12.0. The molecular weight excluding hydrogens is 338 g/mol. The first-order valence-corrected chi connectivity index (χ1v) is 8.99. The van der Waals surface area contributed by atoms with Crippen LogP contribution in [0, 0.1) is 0 Å². The van der Waals surface area contributed by atoms with Crippen molar-refractivity contribution in [2.45, 2.75) is 24.8 Å². The number of ether oxygens (including phenoxy) is 1. The summed E-state index contributed by atoms with van der Waals surface area (Å²) in [5, 5.41) is 11.9. The second-order valence-corrected chi connectivity index (χ2v) is 6.79. The number of thioether (sulfide) groups is 1. The molecule has 0 saturated carbocycles. The fourth-order valence-corrected chi connectivity index (χ4v) is 3.22. The van der Waals surface area contributed by atoms with Gasteiger partial charge in [0.1, 0.15) is 12.1 Å². The average molecular weight is 359 g/mol. The monoisotopic (exact) mass is 359 g/mol. The Morgan fingerprint density at radius 3 is 2.16 bits per heavy atom. The molecule has 0 radical (unpaired) electrons. The molecule has 0 unspecified atom stereocenters. The van der Waals surface area contributed by atoms with Gasteiger partial charge in [0.15, 0.2) is 0 Å². The van der Waals surface area contributed by atoms with Crippen molar-refractivity contribution in [2.24, 2.45) is 0 Å². The fraction of sp³-hybridized carbons (Fsp3) is 0.263. The number of carboxylic acids is 1. The van der Waals surface area contributed by atoms with E-state index in [0.29, 0.717) is 5.75 Å². The number of amides is 1. The molecule has 5 nitrogen and oxygen atoms in total. The van der Waals surface area contributed by atoms with Crippen molar-refractivity contribution < 1.29 is 19.4 Å². The predicted molar refractivity (Wildman–Crippen MR) is 98.4 cm³/mol. The van der Waals surface area contributed by atoms with E-state index in [2.05, 4.69) is 5.32 Å². The van der Waals surface area contributed by atoms with E-state index < -0.39 is 17.6 Å². The van der Waals surface area contributed by atoms with Gasteiger partial charge in [-0.3, -0.25) is 0 Å². The molecule has 0 heterocycles. The van der Waals surface area contributed by atoms with Crippen LogP contribution < -0.4 is 5.32 Å². The lowest BCUT2D eigenvalue weighted by atomic mass is 10.1. The van der Waals surface area contributed by atoms with Crippen molar-refractivity contribution in [1.29, 1.82) is 0 Å². The van der Waals surface area contributed by atoms with Gasteiger partial charge in [0.2, 0.25) is 0 Å². The number of carbonyl (C=O) groups is 2. The first-order chi connectivity index (χ1) is 12.0. The molecule has 0 aromatic heterocycles. The van der Waals surface area contributed by atoms with E-state index in [0.717, 1.165) is 11.1 Å². The summed E-state index contributed by atoms with van der Waals surface area (Å²) in [6.45, 7) is 1.58. The Morgan fingerprint density at radius 2 is 1.60 bits per heavy atom. The van der Waals surface area contributed by atoms with Gasteiger partial charge in [-0.25, -0.2) is 9.59 Å². The number of rotatable bonds is 8. The highest BCUT2D eigenvalue weighted by molar-refractivity contribution is 7.98. The Morgan fingerprint density at radius 1 is 1.04 bits per heavy atom. The quantitative estimate of drug-likeness (QED) is 0.752. The minimum atomic E-state index is -1.40. The van der Waals surface area contributed by atoms with E-state index in [4.69, 9.17) is 4.74 Å². The third-order valence-electron chi connectivity index (χ3n) is 3.57. The second kappa shape index (κ2) is 9.13. The van der Waals surface area contributed by atoms with Crippen LogP contribution in [0.2, 0.25) is 0 Å². The summed E-state index contributed by atoms with van der Waals surface area (Å²) in [6.07, 6.45) is -0.742. The Hall–Kier alpha value is -2.47. The number of hydrogen-bond donors (Lipinski definition) is 2. The highest BCUT2D eigenvalue weighted by atomic mass is 32.2. The van der Waals surface area contributed by atoms with Crippen LogP contribution in [-0.4, -0.2) is 28.5 Å². The van der Waals surface area contributed by atoms with Crippen LogP contribution in [0.3, 0.4) is 0 Å². The molecule has 25 heavy (non-hydrogen) atoms. The van der Waals surface area contributed by atoms with Crippen LogP contribution in [-0.2, 0) is 21.9 Å². The summed E-state index contributed by atoms with van der Waals surface area (Å²) >= 11 is 1.45. The van der Waals surface area contributed by atoms with Crippen LogP contribution in [0.25, 0.3) is 0 Å². The molecule has 132 valence electrons. The molecule has 2 aromatic rings. The first kappa shape index (κ1) is 18.9. The topological polar surface area (TPSA) is 75.6 Å². The van der Waals surface area contributed by atoms with Gasteiger partial charge in [0.25, 0.3) is 0 Å². The first-order valence-electron chi connectivity index (χ1n) is 7.83. The van der Waals surface area contributed by atoms with E-state index in [-0.39, 0.29) is 12.4 Å². The number of alkyl carbamates (subject to hydrolysis) is 1. The van der Waals surface area contributed by atoms with Gasteiger partial charge in [-0.15, -0.1) is 0 Å². The van der Waals surface area contributed by atoms with Crippen molar-refractivity contribution in [1.82, 2.24) is 5.32 Å². The molecule has 6 heteroatoms. The lowest BCUT2D eigenvalue weighted by Crippen LogP contribution is -2.54. The van der Waals surface area contributed by atoms with Crippen molar-refractivity contribution in [2.75, 3.05) is 5.75 Å². The van der Waals surface area contributed by atoms with E-state index in [9.17, 15) is 14.7 Å². The van der Waals surface area contributed by atoms with Gasteiger partial charge in [-0.1, -0.05) is 60.7 Å². The molecule has 2 N–H and O–H groups in total. The van der Waals surface area contributed by atoms with Crippen molar-refractivity contribution in [3.8, 4) is 0 Å². The number of carboxylic acid groups (broad SMARTS) is 1. The van der Waals surface area contributed by atoms with E-state index in [1.807, 2.05) is 60.7 Å². The van der Waals surface area contributed by atoms with Gasteiger partial charge in [-0.05, 0) is 18.1 Å². The molecule has 0 saturated heterocycles. The normalized spacial score (nSPS) is 12.8. The SMILES string of the molecule is C[C@](CSCc1ccccc1)(NC(=O)OCc1ccccc1)C(=O)O. The Labute approximate surface area is 151 Å². The molecule has 0 aliphatic heterocycles. The summed E-state index contributed by atoms with van der Waals surface area (Å²) in [5.41, 5.74) is 0.549.